The van der Waals surface area contributed by atoms with Crippen molar-refractivity contribution >= 4 is 38.1 Å². The molecule has 7 nitrogen and oxygen atoms in total. The van der Waals surface area contributed by atoms with Gasteiger partial charge < -0.3 is 4.74 Å². The van der Waals surface area contributed by atoms with Gasteiger partial charge >= 0.3 is 0 Å². The lowest BCUT2D eigenvalue weighted by Gasteiger charge is -2.20. The van der Waals surface area contributed by atoms with Crippen molar-refractivity contribution in [1.29, 1.82) is 0 Å². The Morgan fingerprint density at radius 1 is 1.12 bits per heavy atom. The summed E-state index contributed by atoms with van der Waals surface area (Å²) in [5, 5.41) is 3.37. The maximum Gasteiger partial charge on any atom is 0.264 e. The van der Waals surface area contributed by atoms with Crippen molar-refractivity contribution in [2.45, 2.75) is 37.0 Å². The number of benzene rings is 2. The predicted molar refractivity (Wildman–Crippen MR) is 124 cm³/mol. The molecule has 0 fully saturated rings. The molecule has 1 aliphatic carbocycles. The number of ether oxygens (including phenoxy) is 1. The minimum absolute atomic E-state index is 0.0542. The van der Waals surface area contributed by atoms with E-state index in [1.807, 2.05) is 18.2 Å². The molecule has 0 bridgehead atoms. The van der Waals surface area contributed by atoms with E-state index in [-0.39, 0.29) is 10.5 Å². The number of carbonyl (C=O) groups excluding carboxylic acids is 1. The molecule has 1 amide bonds. The number of fused-ring (bicyclic) bond motifs is 2. The summed E-state index contributed by atoms with van der Waals surface area (Å²) in [5.74, 6) is -0.128. The summed E-state index contributed by atoms with van der Waals surface area (Å²) < 4.78 is 33.6. The number of thiazole rings is 1. The average Bonchev–Trinajstić information content (AvgIpc) is 3.42. The van der Waals surface area contributed by atoms with Crippen molar-refractivity contribution < 1.29 is 17.9 Å². The van der Waals surface area contributed by atoms with Crippen molar-refractivity contribution in [3.63, 3.8) is 0 Å². The second kappa shape index (κ2) is 8.22. The SMILES string of the molecule is COc1ccc(S(=O)(=O)N2CCc3ccccc32)cc1C(=O)Nc1nc2c(s1)CCCC2. The number of hydrogen-bond donors (Lipinski definition) is 1. The molecule has 166 valence electrons. The molecule has 1 N–H and O–H groups in total. The van der Waals surface area contributed by atoms with Crippen LogP contribution >= 0.6 is 11.3 Å². The van der Waals surface area contributed by atoms with Crippen LogP contribution in [0.2, 0.25) is 0 Å². The highest BCUT2D eigenvalue weighted by Gasteiger charge is 2.31. The van der Waals surface area contributed by atoms with E-state index >= 15 is 0 Å². The maximum absolute atomic E-state index is 13.4. The molecule has 0 spiro atoms. The monoisotopic (exact) mass is 469 g/mol. The zero-order valence-corrected chi connectivity index (χ0v) is 19.3. The second-order valence-corrected chi connectivity index (χ2v) is 10.8. The van der Waals surface area contributed by atoms with Gasteiger partial charge in [-0.2, -0.15) is 0 Å². The molecule has 2 aromatic carbocycles. The third-order valence-electron chi connectivity index (χ3n) is 5.91. The summed E-state index contributed by atoms with van der Waals surface area (Å²) in [6.07, 6.45) is 4.81. The second-order valence-electron chi connectivity index (χ2n) is 7.87. The van der Waals surface area contributed by atoms with Gasteiger partial charge in [-0.05, 0) is 61.9 Å². The molecule has 9 heteroatoms. The summed E-state index contributed by atoms with van der Waals surface area (Å²) in [4.78, 5) is 18.9. The van der Waals surface area contributed by atoms with E-state index in [0.717, 1.165) is 36.9 Å². The molecular weight excluding hydrogens is 446 g/mol. The Balaban J connectivity index is 1.46. The highest BCUT2D eigenvalue weighted by Crippen LogP contribution is 2.34. The Bertz CT molecular complexity index is 1280. The van der Waals surface area contributed by atoms with Crippen molar-refractivity contribution in [2.24, 2.45) is 0 Å². The quantitative estimate of drug-likeness (QED) is 0.609. The topological polar surface area (TPSA) is 88.6 Å². The minimum atomic E-state index is -3.82. The minimum Gasteiger partial charge on any atom is -0.496 e. The van der Waals surface area contributed by atoms with Gasteiger partial charge in [0.1, 0.15) is 5.75 Å². The Labute approximate surface area is 191 Å². The smallest absolute Gasteiger partial charge is 0.264 e. The summed E-state index contributed by atoms with van der Waals surface area (Å²) >= 11 is 1.48. The number of amides is 1. The molecule has 3 aromatic rings. The van der Waals surface area contributed by atoms with Gasteiger partial charge in [0.25, 0.3) is 15.9 Å². The number of aromatic nitrogens is 1. The van der Waals surface area contributed by atoms with Crippen LogP contribution in [0.1, 0.15) is 39.3 Å². The predicted octanol–water partition coefficient (Wildman–Crippen LogP) is 4.03. The standard InChI is InChI=1S/C23H23N3O4S2/c1-30-20-11-10-16(32(28,29)26-13-12-15-6-2-4-8-19(15)26)14-17(20)22(27)25-23-24-18-7-3-5-9-21(18)31-23/h2,4,6,8,10-11,14H,3,5,7,9,12-13H2,1H3,(H,24,25,27). The molecule has 0 atom stereocenters. The van der Waals surface area contributed by atoms with E-state index in [1.165, 1.54) is 45.8 Å². The Morgan fingerprint density at radius 3 is 2.75 bits per heavy atom. The number of para-hydroxylation sites is 1. The van der Waals surface area contributed by atoms with Crippen LogP contribution in [0.4, 0.5) is 10.8 Å². The van der Waals surface area contributed by atoms with E-state index < -0.39 is 15.9 Å². The molecule has 0 saturated heterocycles. The zero-order valence-electron chi connectivity index (χ0n) is 17.6. The average molecular weight is 470 g/mol. The normalized spacial score (nSPS) is 15.2. The number of nitrogens with zero attached hydrogens (tertiary/aromatic N) is 2. The number of sulfonamides is 1. The zero-order chi connectivity index (χ0) is 22.3. The van der Waals surface area contributed by atoms with Crippen LogP contribution in [-0.2, 0) is 29.3 Å². The van der Waals surface area contributed by atoms with Crippen LogP contribution < -0.4 is 14.4 Å². The van der Waals surface area contributed by atoms with E-state index in [9.17, 15) is 13.2 Å². The van der Waals surface area contributed by atoms with Crippen molar-refractivity contribution in [3.05, 3.63) is 64.2 Å². The number of methoxy groups -OCH3 is 1. The first-order chi connectivity index (χ1) is 15.5. The molecule has 2 aliphatic rings. The number of aryl methyl sites for hydroxylation is 2. The summed E-state index contributed by atoms with van der Waals surface area (Å²) in [7, 11) is -2.37. The highest BCUT2D eigenvalue weighted by molar-refractivity contribution is 7.92. The number of rotatable bonds is 5. The summed E-state index contributed by atoms with van der Waals surface area (Å²) in [6, 6.07) is 11.9. The number of carbonyl (C=O) groups is 1. The number of anilines is 2. The molecule has 2 heterocycles. The molecule has 1 aromatic heterocycles. The van der Waals surface area contributed by atoms with Crippen LogP contribution in [-0.4, -0.2) is 33.0 Å². The molecular formula is C23H23N3O4S2. The van der Waals surface area contributed by atoms with Crippen molar-refractivity contribution in [3.8, 4) is 5.75 Å². The molecule has 1 aliphatic heterocycles. The Morgan fingerprint density at radius 2 is 1.94 bits per heavy atom. The van der Waals surface area contributed by atoms with Gasteiger partial charge in [0.15, 0.2) is 5.13 Å². The van der Waals surface area contributed by atoms with Gasteiger partial charge in [0, 0.05) is 11.4 Å². The van der Waals surface area contributed by atoms with Gasteiger partial charge in [-0.1, -0.05) is 18.2 Å². The van der Waals surface area contributed by atoms with Crippen molar-refractivity contribution in [1.82, 2.24) is 4.98 Å². The van der Waals surface area contributed by atoms with Crippen LogP contribution in [0, 0.1) is 0 Å². The third-order valence-corrected chi connectivity index (χ3v) is 8.80. The first-order valence-electron chi connectivity index (χ1n) is 10.6. The lowest BCUT2D eigenvalue weighted by molar-refractivity contribution is 0.102. The van der Waals surface area contributed by atoms with Crippen LogP contribution in [0.15, 0.2) is 47.4 Å². The van der Waals surface area contributed by atoms with Crippen LogP contribution in [0.5, 0.6) is 5.75 Å². The molecule has 0 saturated carbocycles. The fourth-order valence-electron chi connectivity index (χ4n) is 4.28. The fourth-order valence-corrected chi connectivity index (χ4v) is 6.85. The number of hydrogen-bond acceptors (Lipinski definition) is 6. The first-order valence-corrected chi connectivity index (χ1v) is 12.8. The molecule has 0 unspecified atom stereocenters. The van der Waals surface area contributed by atoms with Crippen LogP contribution in [0.25, 0.3) is 0 Å². The maximum atomic E-state index is 13.4. The van der Waals surface area contributed by atoms with Crippen LogP contribution in [0.3, 0.4) is 0 Å². The lowest BCUT2D eigenvalue weighted by atomic mass is 10.0. The molecule has 0 radical (unpaired) electrons. The first kappa shape index (κ1) is 21.0. The number of nitrogens with one attached hydrogen (secondary N) is 1. The largest absolute Gasteiger partial charge is 0.496 e. The van der Waals surface area contributed by atoms with E-state index in [1.54, 1.807) is 6.07 Å². The third kappa shape index (κ3) is 3.65. The Hall–Kier alpha value is -2.91. The van der Waals surface area contributed by atoms with E-state index in [0.29, 0.717) is 29.5 Å². The fraction of sp³-hybridized carbons (Fsp3) is 0.304. The van der Waals surface area contributed by atoms with Gasteiger partial charge in [-0.25, -0.2) is 13.4 Å². The van der Waals surface area contributed by atoms with Gasteiger partial charge in [0.2, 0.25) is 0 Å². The van der Waals surface area contributed by atoms with Crippen molar-refractivity contribution in [2.75, 3.05) is 23.3 Å². The Kier molecular flexibility index (Phi) is 5.38. The lowest BCUT2D eigenvalue weighted by Crippen LogP contribution is -2.29. The molecule has 32 heavy (non-hydrogen) atoms. The molecule has 5 rings (SSSR count). The summed E-state index contributed by atoms with van der Waals surface area (Å²) in [6.45, 7) is 0.375. The van der Waals surface area contributed by atoms with E-state index in [2.05, 4.69) is 10.3 Å². The highest BCUT2D eigenvalue weighted by atomic mass is 32.2. The summed E-state index contributed by atoms with van der Waals surface area (Å²) in [5.41, 5.74) is 2.89. The van der Waals surface area contributed by atoms with Gasteiger partial charge in [-0.3, -0.25) is 14.4 Å². The van der Waals surface area contributed by atoms with Gasteiger partial charge in [-0.15, -0.1) is 11.3 Å². The van der Waals surface area contributed by atoms with Gasteiger partial charge in [0.05, 0.1) is 29.0 Å². The van der Waals surface area contributed by atoms with E-state index in [4.69, 9.17) is 4.74 Å².